The third-order valence-corrected chi connectivity index (χ3v) is 1.26. The zero-order valence-electron chi connectivity index (χ0n) is 4.57. The van der Waals surface area contributed by atoms with Gasteiger partial charge in [-0.05, 0) is 0 Å². The molecule has 0 bridgehead atoms. The van der Waals surface area contributed by atoms with Gasteiger partial charge in [-0.25, -0.2) is 0 Å². The minimum atomic E-state index is -4.16. The molecular weight excluding hydrogens is 146 g/mol. The Kier molecular flexibility index (Phi) is 2.75. The molecule has 54 valence electrons. The molecule has 0 radical (unpaired) electrons. The molecule has 9 heavy (non-hydrogen) atoms. The molecule has 0 fully saturated rings. The Bertz CT molecular complexity index is 194. The van der Waals surface area contributed by atoms with Crippen molar-refractivity contribution in [2.45, 2.75) is 0 Å². The maximum absolute atomic E-state index is 10.2. The molecule has 5 nitrogen and oxygen atoms in total. The topological polar surface area (TPSA) is 97.5 Å². The van der Waals surface area contributed by atoms with Gasteiger partial charge in [0, 0.05) is 0 Å². The van der Waals surface area contributed by atoms with Crippen molar-refractivity contribution in [3.63, 3.8) is 0 Å². The second-order valence-electron chi connectivity index (χ2n) is 1.47. The SMILES string of the molecule is NCC(=O)CS(=O)(=O)O. The second kappa shape index (κ2) is 2.90. The van der Waals surface area contributed by atoms with Gasteiger partial charge in [-0.15, -0.1) is 0 Å². The quantitative estimate of drug-likeness (QED) is 0.476. The molecule has 0 aliphatic heterocycles. The molecule has 0 aromatic rings. The Morgan fingerprint density at radius 1 is 1.56 bits per heavy atom. The van der Waals surface area contributed by atoms with Crippen molar-refractivity contribution >= 4 is 15.9 Å². The van der Waals surface area contributed by atoms with E-state index in [4.69, 9.17) is 10.3 Å². The van der Waals surface area contributed by atoms with E-state index in [2.05, 4.69) is 0 Å². The summed E-state index contributed by atoms with van der Waals surface area (Å²) in [5, 5.41) is 0. The third kappa shape index (κ3) is 5.41. The average molecular weight is 153 g/mol. The van der Waals surface area contributed by atoms with Crippen LogP contribution in [0.25, 0.3) is 0 Å². The van der Waals surface area contributed by atoms with E-state index >= 15 is 0 Å². The largest absolute Gasteiger partial charge is 0.324 e. The van der Waals surface area contributed by atoms with E-state index < -0.39 is 21.7 Å². The lowest BCUT2D eigenvalue weighted by atomic mass is 10.5. The van der Waals surface area contributed by atoms with Crippen LogP contribution in [-0.4, -0.2) is 31.1 Å². The van der Waals surface area contributed by atoms with Crippen molar-refractivity contribution in [1.29, 1.82) is 0 Å². The number of hydrogen-bond donors (Lipinski definition) is 2. The third-order valence-electron chi connectivity index (χ3n) is 0.571. The van der Waals surface area contributed by atoms with Crippen molar-refractivity contribution in [3.05, 3.63) is 0 Å². The number of carbonyl (C=O) groups excluding carboxylic acids is 1. The van der Waals surface area contributed by atoms with Gasteiger partial charge in [-0.2, -0.15) is 8.42 Å². The molecule has 0 amide bonds. The maximum atomic E-state index is 10.2. The van der Waals surface area contributed by atoms with Crippen molar-refractivity contribution in [1.82, 2.24) is 0 Å². The van der Waals surface area contributed by atoms with Gasteiger partial charge in [0.05, 0.1) is 6.54 Å². The van der Waals surface area contributed by atoms with E-state index in [-0.39, 0.29) is 6.54 Å². The van der Waals surface area contributed by atoms with Gasteiger partial charge in [0.2, 0.25) is 0 Å². The summed E-state index contributed by atoms with van der Waals surface area (Å²) in [4.78, 5) is 10.2. The van der Waals surface area contributed by atoms with Gasteiger partial charge < -0.3 is 5.73 Å². The molecule has 0 saturated heterocycles. The lowest BCUT2D eigenvalue weighted by Gasteiger charge is -1.90. The van der Waals surface area contributed by atoms with E-state index in [1.54, 1.807) is 0 Å². The zero-order chi connectivity index (χ0) is 7.49. The molecule has 0 aliphatic rings. The summed E-state index contributed by atoms with van der Waals surface area (Å²) >= 11 is 0. The van der Waals surface area contributed by atoms with Gasteiger partial charge in [0.25, 0.3) is 10.1 Å². The lowest BCUT2D eigenvalue weighted by Crippen LogP contribution is -2.22. The molecule has 3 N–H and O–H groups in total. The molecule has 0 heterocycles. The molecule has 0 rings (SSSR count). The first-order valence-electron chi connectivity index (χ1n) is 2.12. The standard InChI is InChI=1S/C3H7NO4S/c4-1-3(5)2-9(6,7)8/h1-2,4H2,(H,6,7,8). The fraction of sp³-hybridized carbons (Fsp3) is 0.667. The Hall–Kier alpha value is -0.460. The van der Waals surface area contributed by atoms with E-state index in [1.807, 2.05) is 0 Å². The number of Topliss-reactive ketones (excluding diaryl/α,β-unsaturated/α-hetero) is 1. The van der Waals surface area contributed by atoms with Crippen LogP contribution < -0.4 is 5.73 Å². The van der Waals surface area contributed by atoms with Crippen molar-refractivity contribution < 1.29 is 17.8 Å². The summed E-state index contributed by atoms with van der Waals surface area (Å²) < 4.78 is 27.8. The Balaban J connectivity index is 3.91. The Labute approximate surface area is 52.6 Å². The smallest absolute Gasteiger partial charge is 0.272 e. The van der Waals surface area contributed by atoms with Crippen LogP contribution >= 0.6 is 0 Å². The predicted octanol–water partition coefficient (Wildman–Crippen LogP) is -1.60. The Morgan fingerprint density at radius 2 is 2.00 bits per heavy atom. The van der Waals surface area contributed by atoms with Crippen molar-refractivity contribution in [2.24, 2.45) is 5.73 Å². The predicted molar refractivity (Wildman–Crippen MR) is 30.5 cm³/mol. The van der Waals surface area contributed by atoms with Gasteiger partial charge in [-0.3, -0.25) is 9.35 Å². The van der Waals surface area contributed by atoms with E-state index in [1.165, 1.54) is 0 Å². The summed E-state index contributed by atoms with van der Waals surface area (Å²) in [7, 11) is -4.16. The summed E-state index contributed by atoms with van der Waals surface area (Å²) in [5.74, 6) is -1.58. The van der Waals surface area contributed by atoms with Crippen LogP contribution in [0.5, 0.6) is 0 Å². The highest BCUT2D eigenvalue weighted by molar-refractivity contribution is 7.86. The summed E-state index contributed by atoms with van der Waals surface area (Å²) in [5.41, 5.74) is 4.75. The van der Waals surface area contributed by atoms with Crippen LogP contribution in [-0.2, 0) is 14.9 Å². The van der Waals surface area contributed by atoms with Crippen LogP contribution in [0, 0.1) is 0 Å². The second-order valence-corrected chi connectivity index (χ2v) is 2.92. The summed E-state index contributed by atoms with van der Waals surface area (Å²) in [6.45, 7) is -0.361. The summed E-state index contributed by atoms with van der Waals surface area (Å²) in [6, 6.07) is 0. The highest BCUT2D eigenvalue weighted by Crippen LogP contribution is 1.80. The molecule has 0 unspecified atom stereocenters. The lowest BCUT2D eigenvalue weighted by molar-refractivity contribution is -0.115. The molecule has 0 aromatic heterocycles. The van der Waals surface area contributed by atoms with Crippen LogP contribution in [0.3, 0.4) is 0 Å². The fourth-order valence-corrected chi connectivity index (χ4v) is 0.787. The van der Waals surface area contributed by atoms with Gasteiger partial charge >= 0.3 is 0 Å². The number of hydrogen-bond acceptors (Lipinski definition) is 4. The fourth-order valence-electron chi connectivity index (χ4n) is 0.262. The van der Waals surface area contributed by atoms with Crippen molar-refractivity contribution in [2.75, 3.05) is 12.3 Å². The monoisotopic (exact) mass is 153 g/mol. The van der Waals surface area contributed by atoms with Crippen molar-refractivity contribution in [3.8, 4) is 0 Å². The number of ketones is 1. The van der Waals surface area contributed by atoms with Gasteiger partial charge in [-0.1, -0.05) is 0 Å². The normalized spacial score (nSPS) is 11.3. The van der Waals surface area contributed by atoms with Crippen LogP contribution in [0.15, 0.2) is 0 Å². The molecule has 0 atom stereocenters. The molecule has 0 saturated carbocycles. The molecular formula is C3H7NO4S. The molecule has 6 heteroatoms. The highest BCUT2D eigenvalue weighted by Gasteiger charge is 2.09. The van der Waals surface area contributed by atoms with E-state index in [9.17, 15) is 13.2 Å². The van der Waals surface area contributed by atoms with Crippen LogP contribution in [0.4, 0.5) is 0 Å². The minimum absolute atomic E-state index is 0.361. The Morgan fingerprint density at radius 3 is 2.11 bits per heavy atom. The minimum Gasteiger partial charge on any atom is -0.324 e. The first kappa shape index (κ1) is 8.54. The van der Waals surface area contributed by atoms with Crippen LogP contribution in [0.1, 0.15) is 0 Å². The summed E-state index contributed by atoms with van der Waals surface area (Å²) in [6.07, 6.45) is 0. The highest BCUT2D eigenvalue weighted by atomic mass is 32.2. The first-order chi connectivity index (χ1) is 3.95. The zero-order valence-corrected chi connectivity index (χ0v) is 5.39. The van der Waals surface area contributed by atoms with Gasteiger partial charge in [0.1, 0.15) is 5.75 Å². The average Bonchev–Trinajstić information content (AvgIpc) is 1.62. The van der Waals surface area contributed by atoms with Crippen LogP contribution in [0.2, 0.25) is 0 Å². The molecule has 0 aliphatic carbocycles. The van der Waals surface area contributed by atoms with E-state index in [0.29, 0.717) is 0 Å². The number of nitrogens with two attached hydrogens (primary N) is 1. The van der Waals surface area contributed by atoms with Gasteiger partial charge in [0.15, 0.2) is 5.78 Å². The number of carbonyl (C=O) groups is 1. The number of rotatable bonds is 3. The first-order valence-corrected chi connectivity index (χ1v) is 3.73. The van der Waals surface area contributed by atoms with E-state index in [0.717, 1.165) is 0 Å². The maximum Gasteiger partial charge on any atom is 0.272 e. The molecule has 0 aromatic carbocycles. The molecule has 0 spiro atoms.